The number of fused-ring (bicyclic) bond motifs is 3. The summed E-state index contributed by atoms with van der Waals surface area (Å²) in [6, 6.07) is 0. The summed E-state index contributed by atoms with van der Waals surface area (Å²) in [7, 11) is 0. The zero-order valence-electron chi connectivity index (χ0n) is 19.6. The zero-order chi connectivity index (χ0) is 23.9. The van der Waals surface area contributed by atoms with E-state index in [0.29, 0.717) is 17.6 Å². The van der Waals surface area contributed by atoms with Crippen LogP contribution >= 0.6 is 0 Å². The minimum absolute atomic E-state index is 0.341. The number of esters is 2. The van der Waals surface area contributed by atoms with Crippen LogP contribution in [0.2, 0.25) is 0 Å². The van der Waals surface area contributed by atoms with Gasteiger partial charge in [0.25, 0.3) is 0 Å². The number of epoxide rings is 1. The molecule has 7 aliphatic rings. The predicted molar refractivity (Wildman–Crippen MR) is 111 cm³/mol. The molecule has 0 aromatic carbocycles. The smallest absolute Gasteiger partial charge is 0.331 e. The maximum Gasteiger partial charge on any atom is 0.331 e. The molecule has 4 bridgehead atoms. The van der Waals surface area contributed by atoms with Crippen molar-refractivity contribution >= 4 is 17.7 Å². The average molecular weight is 456 g/mol. The minimum atomic E-state index is -2.06. The molecule has 6 fully saturated rings. The van der Waals surface area contributed by atoms with Gasteiger partial charge in [0.15, 0.2) is 17.0 Å². The number of hydrogen-bond acceptors (Lipinski definition) is 8. The van der Waals surface area contributed by atoms with Gasteiger partial charge in [0.2, 0.25) is 0 Å². The maximum absolute atomic E-state index is 13.9. The summed E-state index contributed by atoms with van der Waals surface area (Å²) in [5, 5.41) is 12.1. The molecule has 0 aromatic rings. The number of aliphatic hydroxyl groups is 1. The van der Waals surface area contributed by atoms with Gasteiger partial charge >= 0.3 is 11.9 Å². The lowest BCUT2D eigenvalue weighted by Gasteiger charge is -2.54. The van der Waals surface area contributed by atoms with Crippen molar-refractivity contribution in [2.75, 3.05) is 0 Å². The topological polar surface area (TPSA) is 112 Å². The molecular formula is C25H28O8. The normalized spacial score (nSPS) is 60.9. The highest BCUT2D eigenvalue weighted by Gasteiger charge is 2.96. The van der Waals surface area contributed by atoms with Crippen LogP contribution in [0.4, 0.5) is 0 Å². The minimum Gasteiger partial charge on any atom is -0.458 e. The highest BCUT2D eigenvalue weighted by molar-refractivity contribution is 6.11. The van der Waals surface area contributed by atoms with E-state index in [-0.39, 0.29) is 5.92 Å². The first-order valence-electron chi connectivity index (χ1n) is 11.6. The van der Waals surface area contributed by atoms with E-state index >= 15 is 0 Å². The third-order valence-electron chi connectivity index (χ3n) is 10.9. The summed E-state index contributed by atoms with van der Waals surface area (Å²) in [5.41, 5.74) is -7.66. The van der Waals surface area contributed by atoms with Crippen molar-refractivity contribution in [1.29, 1.82) is 0 Å². The van der Waals surface area contributed by atoms with Crippen LogP contribution in [0.25, 0.3) is 0 Å². The van der Waals surface area contributed by atoms with Gasteiger partial charge in [0.05, 0.1) is 17.1 Å². The standard InChI is InChI=1S/C25H28O8/c1-10-20(5)9-13-21(6,23(10)18(28)30-11(2)24(23,29)17(20)27)15-16-25(33-16)12(22(13,7)32-15)8-14(26)31-19(25,3)4/h8,11,13,15-16,29H,1,9H2,2-7H3/t11-,13+,15+,16+,20-,21-,22+,23+,24+,25-/m1/s1. The molecule has 3 saturated heterocycles. The lowest BCUT2D eigenvalue weighted by atomic mass is 9.44. The van der Waals surface area contributed by atoms with E-state index in [9.17, 15) is 19.5 Å². The lowest BCUT2D eigenvalue weighted by molar-refractivity contribution is -0.168. The van der Waals surface area contributed by atoms with Crippen molar-refractivity contribution in [3.05, 3.63) is 23.8 Å². The molecule has 3 aliphatic carbocycles. The Kier molecular flexibility index (Phi) is 2.91. The van der Waals surface area contributed by atoms with Gasteiger partial charge in [0, 0.05) is 23.0 Å². The summed E-state index contributed by atoms with van der Waals surface area (Å²) in [5.74, 6) is -1.90. The number of carbonyl (C=O) groups excluding carboxylic acids is 3. The Labute approximate surface area is 191 Å². The number of ether oxygens (including phenoxy) is 4. The second-order valence-corrected chi connectivity index (χ2v) is 12.2. The number of hydrogen-bond donors (Lipinski definition) is 1. The summed E-state index contributed by atoms with van der Waals surface area (Å²) < 4.78 is 24.4. The third kappa shape index (κ3) is 1.45. The van der Waals surface area contributed by atoms with Crippen LogP contribution in [0.15, 0.2) is 23.8 Å². The van der Waals surface area contributed by atoms with Crippen LogP contribution < -0.4 is 0 Å². The van der Waals surface area contributed by atoms with Gasteiger partial charge in [-0.3, -0.25) is 9.59 Å². The molecule has 7 rings (SSSR count). The first kappa shape index (κ1) is 20.4. The van der Waals surface area contributed by atoms with Gasteiger partial charge in [-0.25, -0.2) is 4.79 Å². The second-order valence-electron chi connectivity index (χ2n) is 12.2. The van der Waals surface area contributed by atoms with Crippen molar-refractivity contribution in [2.24, 2.45) is 22.2 Å². The molecule has 2 spiro atoms. The number of ketones is 1. The van der Waals surface area contributed by atoms with Crippen LogP contribution in [0.5, 0.6) is 0 Å². The molecule has 8 heteroatoms. The van der Waals surface area contributed by atoms with Crippen molar-refractivity contribution in [3.8, 4) is 0 Å². The zero-order valence-corrected chi connectivity index (χ0v) is 19.6. The Hall–Kier alpha value is -2.03. The van der Waals surface area contributed by atoms with E-state index in [1.54, 1.807) is 13.8 Å². The molecule has 4 heterocycles. The van der Waals surface area contributed by atoms with Crippen molar-refractivity contribution in [3.63, 3.8) is 0 Å². The number of carbonyl (C=O) groups is 3. The average Bonchev–Trinajstić information content (AvgIpc) is 3.36. The van der Waals surface area contributed by atoms with Gasteiger partial charge in [-0.05, 0) is 46.6 Å². The van der Waals surface area contributed by atoms with E-state index in [4.69, 9.17) is 18.9 Å². The second kappa shape index (κ2) is 4.72. The predicted octanol–water partition coefficient (Wildman–Crippen LogP) is 1.39. The van der Waals surface area contributed by atoms with Gasteiger partial charge in [0.1, 0.15) is 23.2 Å². The first-order valence-corrected chi connectivity index (χ1v) is 11.6. The number of Topliss-reactive ketones (excluding diaryl/α,β-unsaturated/α-hetero) is 1. The lowest BCUT2D eigenvalue weighted by Crippen LogP contribution is -2.65. The van der Waals surface area contributed by atoms with Crippen LogP contribution in [0, 0.1) is 22.2 Å². The Balaban J connectivity index is 1.57. The largest absolute Gasteiger partial charge is 0.458 e. The fourth-order valence-corrected chi connectivity index (χ4v) is 9.36. The van der Waals surface area contributed by atoms with Crippen LogP contribution in [0.1, 0.15) is 48.0 Å². The van der Waals surface area contributed by atoms with Crippen molar-refractivity contribution in [2.45, 2.75) is 88.7 Å². The quantitative estimate of drug-likeness (QED) is 0.331. The van der Waals surface area contributed by atoms with Gasteiger partial charge < -0.3 is 24.1 Å². The third-order valence-corrected chi connectivity index (χ3v) is 10.9. The molecule has 4 aliphatic heterocycles. The van der Waals surface area contributed by atoms with E-state index in [2.05, 4.69) is 6.58 Å². The van der Waals surface area contributed by atoms with Crippen molar-refractivity contribution in [1.82, 2.24) is 0 Å². The van der Waals surface area contributed by atoms with Gasteiger partial charge in [-0.15, -0.1) is 0 Å². The highest BCUT2D eigenvalue weighted by Crippen LogP contribution is 2.84. The van der Waals surface area contributed by atoms with Crippen LogP contribution in [-0.4, -0.2) is 63.5 Å². The van der Waals surface area contributed by atoms with Crippen molar-refractivity contribution < 1.29 is 38.4 Å². The Morgan fingerprint density at radius 1 is 1.06 bits per heavy atom. The van der Waals surface area contributed by atoms with E-state index in [0.717, 1.165) is 0 Å². The van der Waals surface area contributed by atoms with Gasteiger partial charge in [-0.1, -0.05) is 13.5 Å². The van der Waals surface area contributed by atoms with E-state index < -0.39 is 74.7 Å². The Morgan fingerprint density at radius 2 is 1.73 bits per heavy atom. The van der Waals surface area contributed by atoms with Crippen LogP contribution in [0.3, 0.4) is 0 Å². The molecule has 0 radical (unpaired) electrons. The molecule has 3 saturated carbocycles. The molecule has 0 amide bonds. The monoisotopic (exact) mass is 456 g/mol. The fourth-order valence-electron chi connectivity index (χ4n) is 9.36. The number of rotatable bonds is 0. The SMILES string of the molecule is C=C1[C@@]2(C)C[C@H]3[C@](C)([C@H]4O[C@@]3(C)C3=CC(=O)OC(C)(C)[C@@]35O[C@@H]45)[C@@]13C(=O)O[C@H](C)[C@]3(O)C2=O. The molecule has 0 unspecified atom stereocenters. The van der Waals surface area contributed by atoms with E-state index in [1.165, 1.54) is 6.08 Å². The molecule has 176 valence electrons. The molecule has 33 heavy (non-hydrogen) atoms. The van der Waals surface area contributed by atoms with E-state index in [1.807, 2.05) is 27.7 Å². The molecule has 0 aromatic heterocycles. The number of cyclic esters (lactones) is 2. The summed E-state index contributed by atoms with van der Waals surface area (Å²) in [4.78, 5) is 40.3. The summed E-state index contributed by atoms with van der Waals surface area (Å²) in [6.07, 6.45) is -0.366. The molecule has 10 atom stereocenters. The summed E-state index contributed by atoms with van der Waals surface area (Å²) in [6.45, 7) is 15.1. The Morgan fingerprint density at radius 3 is 2.39 bits per heavy atom. The molecular weight excluding hydrogens is 428 g/mol. The maximum atomic E-state index is 13.9. The highest BCUT2D eigenvalue weighted by atomic mass is 16.7. The molecule has 1 N–H and O–H groups in total. The molecule has 8 nitrogen and oxygen atoms in total. The Bertz CT molecular complexity index is 1180. The fraction of sp³-hybridized carbons (Fsp3) is 0.720. The van der Waals surface area contributed by atoms with Crippen LogP contribution in [-0.2, 0) is 33.3 Å². The summed E-state index contributed by atoms with van der Waals surface area (Å²) >= 11 is 0. The van der Waals surface area contributed by atoms with Gasteiger partial charge in [-0.2, -0.15) is 0 Å². The first-order chi connectivity index (χ1) is 15.1.